The average molecular weight is 180 g/mol. The van der Waals surface area contributed by atoms with Gasteiger partial charge in [-0.1, -0.05) is 33.6 Å². The molecule has 0 N–H and O–H groups in total. The molecule has 76 valence electrons. The van der Waals surface area contributed by atoms with Gasteiger partial charge in [0.25, 0.3) is 0 Å². The van der Waals surface area contributed by atoms with Gasteiger partial charge >= 0.3 is 0 Å². The Kier molecular flexibility index (Phi) is 2.42. The molecule has 13 heavy (non-hydrogen) atoms. The van der Waals surface area contributed by atoms with Crippen LogP contribution in [0.15, 0.2) is 0 Å². The minimum absolute atomic E-state index is 0.827. The van der Waals surface area contributed by atoms with Crippen LogP contribution in [0.25, 0.3) is 0 Å². The smallest absolute Gasteiger partial charge is 0.0238 e. The zero-order valence-corrected chi connectivity index (χ0v) is 9.47. The number of rotatable bonds is 3. The number of hydrogen-bond acceptors (Lipinski definition) is 0. The average Bonchev–Trinajstić information content (AvgIpc) is 2.91. The fourth-order valence-electron chi connectivity index (χ4n) is 4.15. The van der Waals surface area contributed by atoms with Crippen molar-refractivity contribution in [2.24, 2.45) is 23.2 Å². The van der Waals surface area contributed by atoms with E-state index in [4.69, 9.17) is 0 Å². The van der Waals surface area contributed by atoms with Crippen molar-refractivity contribution in [2.45, 2.75) is 59.3 Å². The second-order valence-electron chi connectivity index (χ2n) is 5.25. The van der Waals surface area contributed by atoms with Crippen molar-refractivity contribution in [3.8, 4) is 0 Å². The van der Waals surface area contributed by atoms with E-state index in [0.29, 0.717) is 0 Å². The van der Waals surface area contributed by atoms with E-state index >= 15 is 0 Å². The summed E-state index contributed by atoms with van der Waals surface area (Å²) in [7, 11) is 0. The van der Waals surface area contributed by atoms with E-state index < -0.39 is 0 Å². The van der Waals surface area contributed by atoms with Gasteiger partial charge in [0.15, 0.2) is 0 Å². The molecule has 0 aromatic rings. The van der Waals surface area contributed by atoms with Crippen molar-refractivity contribution in [1.29, 1.82) is 0 Å². The van der Waals surface area contributed by atoms with E-state index in [1.54, 1.807) is 6.42 Å². The van der Waals surface area contributed by atoms with Crippen LogP contribution in [0.3, 0.4) is 0 Å². The van der Waals surface area contributed by atoms with Crippen molar-refractivity contribution in [1.82, 2.24) is 0 Å². The highest BCUT2D eigenvalue weighted by Gasteiger charge is 2.60. The van der Waals surface area contributed by atoms with Crippen LogP contribution < -0.4 is 0 Å². The van der Waals surface area contributed by atoms with Gasteiger partial charge in [-0.05, 0) is 48.9 Å². The number of hydrogen-bond donors (Lipinski definition) is 0. The molecular formula is C13H24. The van der Waals surface area contributed by atoms with Crippen LogP contribution in [0, 0.1) is 23.2 Å². The van der Waals surface area contributed by atoms with E-state index in [9.17, 15) is 0 Å². The van der Waals surface area contributed by atoms with Crippen molar-refractivity contribution in [3.63, 3.8) is 0 Å². The molecule has 0 bridgehead atoms. The summed E-state index contributed by atoms with van der Waals surface area (Å²) >= 11 is 0. The molecule has 4 atom stereocenters. The van der Waals surface area contributed by atoms with Gasteiger partial charge in [-0.15, -0.1) is 0 Å². The lowest BCUT2D eigenvalue weighted by molar-refractivity contribution is 0.152. The van der Waals surface area contributed by atoms with Crippen LogP contribution in [0.5, 0.6) is 0 Å². The minimum Gasteiger partial charge on any atom is -0.0651 e. The van der Waals surface area contributed by atoms with Crippen molar-refractivity contribution in [2.75, 3.05) is 0 Å². The van der Waals surface area contributed by atoms with Crippen molar-refractivity contribution >= 4 is 0 Å². The van der Waals surface area contributed by atoms with Gasteiger partial charge in [0.1, 0.15) is 0 Å². The highest BCUT2D eigenvalue weighted by molar-refractivity contribution is 5.09. The summed E-state index contributed by atoms with van der Waals surface area (Å²) in [5.74, 6) is 3.29. The van der Waals surface area contributed by atoms with Gasteiger partial charge < -0.3 is 0 Å². The van der Waals surface area contributed by atoms with Gasteiger partial charge in [-0.3, -0.25) is 0 Å². The molecule has 2 fully saturated rings. The molecule has 0 aromatic heterocycles. The maximum atomic E-state index is 2.42. The van der Waals surface area contributed by atoms with Crippen LogP contribution in [0.4, 0.5) is 0 Å². The molecule has 0 nitrogen and oxygen atoms in total. The molecule has 2 rings (SSSR count). The van der Waals surface area contributed by atoms with Gasteiger partial charge in [-0.25, -0.2) is 0 Å². The Hall–Kier alpha value is 0. The molecule has 0 amide bonds. The normalized spacial score (nSPS) is 48.7. The SMILES string of the molecule is CCC1CCC(CC)C2(CC)CC12. The summed E-state index contributed by atoms with van der Waals surface area (Å²) in [6.07, 6.45) is 8.94. The monoisotopic (exact) mass is 180 g/mol. The zero-order valence-electron chi connectivity index (χ0n) is 9.47. The van der Waals surface area contributed by atoms with Crippen molar-refractivity contribution in [3.05, 3.63) is 0 Å². The van der Waals surface area contributed by atoms with Gasteiger partial charge in [0.2, 0.25) is 0 Å². The predicted molar refractivity (Wildman–Crippen MR) is 57.6 cm³/mol. The molecule has 2 aliphatic carbocycles. The first-order valence-corrected chi connectivity index (χ1v) is 6.28. The second kappa shape index (κ2) is 3.29. The van der Waals surface area contributed by atoms with Crippen molar-refractivity contribution < 1.29 is 0 Å². The summed E-state index contributed by atoms with van der Waals surface area (Å²) in [4.78, 5) is 0. The van der Waals surface area contributed by atoms with Crippen LogP contribution in [0.2, 0.25) is 0 Å². The standard InChI is InChI=1S/C13H24/c1-4-10-7-8-11(5-2)13(6-3)9-12(10)13/h10-12H,4-9H2,1-3H3. The molecule has 0 radical (unpaired) electrons. The molecule has 0 spiro atoms. The maximum absolute atomic E-state index is 2.42. The first-order valence-electron chi connectivity index (χ1n) is 6.28. The van der Waals surface area contributed by atoms with Gasteiger partial charge in [0.05, 0.1) is 0 Å². The topological polar surface area (TPSA) is 0 Å². The molecule has 0 saturated heterocycles. The lowest BCUT2D eigenvalue weighted by atomic mass is 9.71. The third kappa shape index (κ3) is 1.25. The highest BCUT2D eigenvalue weighted by Crippen LogP contribution is 2.69. The van der Waals surface area contributed by atoms with E-state index in [1.165, 1.54) is 32.1 Å². The summed E-state index contributed by atoms with van der Waals surface area (Å²) < 4.78 is 0. The molecule has 0 aliphatic heterocycles. The van der Waals surface area contributed by atoms with Gasteiger partial charge in [0, 0.05) is 0 Å². The Labute approximate surface area is 83.1 Å². The summed E-state index contributed by atoms with van der Waals surface area (Å²) in [6.45, 7) is 7.19. The Morgan fingerprint density at radius 1 is 1.08 bits per heavy atom. The quantitative estimate of drug-likeness (QED) is 0.609. The predicted octanol–water partition coefficient (Wildman–Crippen LogP) is 4.25. The summed E-state index contributed by atoms with van der Waals surface area (Å²) in [5.41, 5.74) is 0.827. The molecule has 0 heteroatoms. The van der Waals surface area contributed by atoms with E-state index in [0.717, 1.165) is 23.2 Å². The molecule has 4 unspecified atom stereocenters. The Balaban J connectivity index is 2.08. The molecule has 2 saturated carbocycles. The number of fused-ring (bicyclic) bond motifs is 1. The fraction of sp³-hybridized carbons (Fsp3) is 1.00. The molecule has 2 aliphatic rings. The first kappa shape index (κ1) is 9.55. The minimum atomic E-state index is 0.827. The lowest BCUT2D eigenvalue weighted by Gasteiger charge is -2.34. The van der Waals surface area contributed by atoms with Crippen LogP contribution in [-0.4, -0.2) is 0 Å². The summed E-state index contributed by atoms with van der Waals surface area (Å²) in [5, 5.41) is 0. The van der Waals surface area contributed by atoms with E-state index in [2.05, 4.69) is 20.8 Å². The summed E-state index contributed by atoms with van der Waals surface area (Å²) in [6, 6.07) is 0. The van der Waals surface area contributed by atoms with E-state index in [-0.39, 0.29) is 0 Å². The molecule has 0 aromatic carbocycles. The maximum Gasteiger partial charge on any atom is -0.0238 e. The largest absolute Gasteiger partial charge is 0.0651 e. The van der Waals surface area contributed by atoms with E-state index in [1.807, 2.05) is 0 Å². The fourth-order valence-corrected chi connectivity index (χ4v) is 4.15. The third-order valence-electron chi connectivity index (χ3n) is 5.12. The molecular weight excluding hydrogens is 156 g/mol. The Morgan fingerprint density at radius 2 is 1.85 bits per heavy atom. The lowest BCUT2D eigenvalue weighted by Crippen LogP contribution is -2.26. The first-order chi connectivity index (χ1) is 6.28. The van der Waals surface area contributed by atoms with Crippen LogP contribution >= 0.6 is 0 Å². The van der Waals surface area contributed by atoms with Crippen LogP contribution in [0.1, 0.15) is 59.3 Å². The molecule has 0 heterocycles. The zero-order chi connectivity index (χ0) is 9.47. The Bertz CT molecular complexity index is 184. The third-order valence-corrected chi connectivity index (χ3v) is 5.12. The highest BCUT2D eigenvalue weighted by atomic mass is 14.6. The Morgan fingerprint density at radius 3 is 2.38 bits per heavy atom. The van der Waals surface area contributed by atoms with Gasteiger partial charge in [-0.2, -0.15) is 0 Å². The van der Waals surface area contributed by atoms with Crippen LogP contribution in [-0.2, 0) is 0 Å². The second-order valence-corrected chi connectivity index (χ2v) is 5.25.